The minimum atomic E-state index is -4.53. The van der Waals surface area contributed by atoms with Crippen LogP contribution in [0.2, 0.25) is 0 Å². The van der Waals surface area contributed by atoms with Crippen molar-refractivity contribution in [3.05, 3.63) is 23.4 Å². The zero-order chi connectivity index (χ0) is 15.4. The Morgan fingerprint density at radius 1 is 1.38 bits per heavy atom. The molecule has 0 aliphatic heterocycles. The molecule has 0 amide bonds. The average molecular weight is 428 g/mol. The topological polar surface area (TPSA) is 58.3 Å². The molecule has 1 heterocycles. The summed E-state index contributed by atoms with van der Waals surface area (Å²) in [5.41, 5.74) is -0.538. The van der Waals surface area contributed by atoms with Gasteiger partial charge in [-0.15, -0.1) is 0 Å². The number of halogens is 4. The lowest BCUT2D eigenvalue weighted by Crippen LogP contribution is -2.35. The first kappa shape index (κ1) is 15.5. The molecule has 10 heteroatoms. The lowest BCUT2D eigenvalue weighted by atomic mass is 9.72. The van der Waals surface area contributed by atoms with Gasteiger partial charge in [-0.25, -0.2) is 4.45 Å². The lowest BCUT2D eigenvalue weighted by Gasteiger charge is -2.18. The van der Waals surface area contributed by atoms with Gasteiger partial charge in [0.1, 0.15) is 0 Å². The summed E-state index contributed by atoms with van der Waals surface area (Å²) in [7, 11) is -1.94. The predicted octanol–water partition coefficient (Wildman–Crippen LogP) is 2.40. The highest BCUT2D eigenvalue weighted by Crippen LogP contribution is 2.46. The Balaban J connectivity index is 2.40. The Kier molecular flexibility index (Phi) is 3.96. The predicted molar refractivity (Wildman–Crippen MR) is 84.3 cm³/mol. The highest BCUT2D eigenvalue weighted by Gasteiger charge is 2.42. The van der Waals surface area contributed by atoms with Crippen molar-refractivity contribution >= 4 is 51.9 Å². The van der Waals surface area contributed by atoms with E-state index in [1.807, 2.05) is 22.0 Å². The van der Waals surface area contributed by atoms with Gasteiger partial charge in [-0.2, -0.15) is 18.3 Å². The van der Waals surface area contributed by atoms with Gasteiger partial charge in [0.2, 0.25) is 0 Å². The van der Waals surface area contributed by atoms with Gasteiger partial charge in [-0.05, 0) is 57.9 Å². The van der Waals surface area contributed by atoms with E-state index in [1.54, 1.807) is 0 Å². The minimum absolute atomic E-state index is 0.0151. The van der Waals surface area contributed by atoms with Gasteiger partial charge in [0.25, 0.3) is 0 Å². The Morgan fingerprint density at radius 2 is 2.05 bits per heavy atom. The van der Waals surface area contributed by atoms with E-state index < -0.39 is 18.9 Å². The van der Waals surface area contributed by atoms with Crippen LogP contribution in [0.3, 0.4) is 0 Å². The quantitative estimate of drug-likeness (QED) is 0.449. The van der Waals surface area contributed by atoms with E-state index in [0.29, 0.717) is 18.2 Å². The van der Waals surface area contributed by atoms with Crippen LogP contribution in [0, 0.1) is 0 Å². The lowest BCUT2D eigenvalue weighted by molar-refractivity contribution is -0.138. The minimum Gasteiger partial charge on any atom is -0.423 e. The van der Waals surface area contributed by atoms with E-state index in [4.69, 9.17) is 0 Å². The number of alkyl halides is 3. The second-order valence-corrected chi connectivity index (χ2v) is 7.01. The van der Waals surface area contributed by atoms with Crippen LogP contribution in [-0.4, -0.2) is 26.7 Å². The number of fused-ring (bicyclic) bond motifs is 1. The van der Waals surface area contributed by atoms with Crippen molar-refractivity contribution in [3.63, 3.8) is 0 Å². The highest BCUT2D eigenvalue weighted by atomic mass is 127. The number of benzene rings is 1. The molecule has 1 fully saturated rings. The van der Waals surface area contributed by atoms with Crippen LogP contribution in [0.1, 0.15) is 29.9 Å². The van der Waals surface area contributed by atoms with Gasteiger partial charge in [-0.3, -0.25) is 0 Å². The van der Waals surface area contributed by atoms with Crippen LogP contribution in [0.25, 0.3) is 10.9 Å². The standard InChI is InChI=1S/C11H10BF3IN2O2P/c13-11(14,15)7-3-8-6(4-17-18(8)21-16)10(12(19)20)9(7)5-1-2-5/h3-5,19-21H,1-2H2. The van der Waals surface area contributed by atoms with Gasteiger partial charge >= 0.3 is 13.3 Å². The first-order valence-corrected chi connectivity index (χ1v) is 10.2. The van der Waals surface area contributed by atoms with Crippen LogP contribution in [0.15, 0.2) is 12.3 Å². The summed E-state index contributed by atoms with van der Waals surface area (Å²) in [6.07, 6.45) is -1.72. The second kappa shape index (κ2) is 5.36. The van der Waals surface area contributed by atoms with Crippen LogP contribution in [0.4, 0.5) is 13.2 Å². The van der Waals surface area contributed by atoms with E-state index in [9.17, 15) is 23.2 Å². The maximum Gasteiger partial charge on any atom is 0.489 e. The molecule has 1 aromatic heterocycles. The summed E-state index contributed by atoms with van der Waals surface area (Å²) in [5, 5.41) is 23.6. The van der Waals surface area contributed by atoms with Crippen molar-refractivity contribution in [2.45, 2.75) is 24.9 Å². The van der Waals surface area contributed by atoms with Crippen LogP contribution >= 0.6 is 28.4 Å². The average Bonchev–Trinajstić information content (AvgIpc) is 3.15. The van der Waals surface area contributed by atoms with Crippen molar-refractivity contribution in [3.8, 4) is 0 Å². The third-order valence-electron chi connectivity index (χ3n) is 3.59. The summed E-state index contributed by atoms with van der Waals surface area (Å²) in [6, 6.07) is 1.08. The maximum absolute atomic E-state index is 13.4. The number of hydrogen-bond acceptors (Lipinski definition) is 3. The maximum atomic E-state index is 13.4. The monoisotopic (exact) mass is 428 g/mol. The molecule has 0 bridgehead atoms. The SMILES string of the molecule is OB(O)c1c(C2CC2)c(C(F)(F)F)cc2c1cnn2PI. The molecule has 0 spiro atoms. The molecule has 0 radical (unpaired) electrons. The molecule has 21 heavy (non-hydrogen) atoms. The van der Waals surface area contributed by atoms with E-state index in [2.05, 4.69) is 5.10 Å². The molecule has 1 atom stereocenters. The van der Waals surface area contributed by atoms with E-state index in [0.717, 1.165) is 6.07 Å². The zero-order valence-electron chi connectivity index (χ0n) is 10.5. The smallest absolute Gasteiger partial charge is 0.423 e. The van der Waals surface area contributed by atoms with E-state index in [1.165, 1.54) is 10.6 Å². The second-order valence-electron chi connectivity index (χ2n) is 4.97. The molecule has 1 unspecified atom stereocenters. The zero-order valence-corrected chi connectivity index (χ0v) is 13.7. The van der Waals surface area contributed by atoms with Crippen molar-refractivity contribution in [2.75, 3.05) is 0 Å². The van der Waals surface area contributed by atoms with Gasteiger partial charge in [0, 0.05) is 5.39 Å². The number of rotatable bonds is 3. The number of aromatic nitrogens is 2. The summed E-state index contributed by atoms with van der Waals surface area (Å²) in [4.78, 5) is 0. The van der Waals surface area contributed by atoms with Crippen LogP contribution in [-0.2, 0) is 6.18 Å². The van der Waals surface area contributed by atoms with Crippen molar-refractivity contribution in [2.24, 2.45) is 0 Å². The molecule has 1 aliphatic carbocycles. The summed E-state index contributed by atoms with van der Waals surface area (Å²) in [6.45, 7) is 0. The van der Waals surface area contributed by atoms with Crippen molar-refractivity contribution in [1.29, 1.82) is 0 Å². The largest absolute Gasteiger partial charge is 0.489 e. The Hall–Kier alpha value is -0.375. The fraction of sp³-hybridized carbons (Fsp3) is 0.364. The molecule has 3 rings (SSSR count). The first-order chi connectivity index (χ1) is 9.84. The molecule has 112 valence electrons. The summed E-state index contributed by atoms with van der Waals surface area (Å²) < 4.78 is 41.5. The van der Waals surface area contributed by atoms with Gasteiger partial charge in [-0.1, -0.05) is 0 Å². The first-order valence-electron chi connectivity index (χ1n) is 6.19. The number of nitrogens with zero attached hydrogens (tertiary/aromatic N) is 2. The van der Waals surface area contributed by atoms with Gasteiger partial charge in [0.05, 0.1) is 23.7 Å². The molecule has 1 aromatic carbocycles. The van der Waals surface area contributed by atoms with E-state index >= 15 is 0 Å². The van der Waals surface area contributed by atoms with Crippen molar-refractivity contribution < 1.29 is 23.2 Å². The fourth-order valence-electron chi connectivity index (χ4n) is 2.60. The van der Waals surface area contributed by atoms with Gasteiger partial charge in [0.15, 0.2) is 0 Å². The molecule has 4 nitrogen and oxygen atoms in total. The molecule has 2 N–H and O–H groups in total. The van der Waals surface area contributed by atoms with Crippen LogP contribution < -0.4 is 5.46 Å². The molecule has 0 saturated heterocycles. The van der Waals surface area contributed by atoms with Crippen LogP contribution in [0.5, 0.6) is 0 Å². The fourth-order valence-corrected chi connectivity index (χ4v) is 4.13. The third-order valence-corrected chi connectivity index (χ3v) is 5.47. The Labute approximate surface area is 133 Å². The Morgan fingerprint density at radius 3 is 2.52 bits per heavy atom. The van der Waals surface area contributed by atoms with Gasteiger partial charge < -0.3 is 10.0 Å². The summed E-state index contributed by atoms with van der Waals surface area (Å²) >= 11 is 2.02. The molecular weight excluding hydrogens is 418 g/mol. The third kappa shape index (κ3) is 2.69. The molecular formula is C11H10BF3IN2O2P. The normalized spacial score (nSPS) is 16.3. The highest BCUT2D eigenvalue weighted by molar-refractivity contribution is 14.2. The van der Waals surface area contributed by atoms with Crippen molar-refractivity contribution in [1.82, 2.24) is 9.55 Å². The number of hydrogen-bond donors (Lipinski definition) is 2. The molecule has 2 aromatic rings. The molecule has 1 saturated carbocycles. The molecule has 1 aliphatic rings. The summed E-state index contributed by atoms with van der Waals surface area (Å²) in [5.74, 6) is -0.256. The Bertz CT molecular complexity index is 703. The van der Waals surface area contributed by atoms with E-state index in [-0.39, 0.29) is 28.8 Å².